The van der Waals surface area contributed by atoms with Crippen molar-refractivity contribution in [2.75, 3.05) is 0 Å². The molecule has 0 aliphatic rings. The lowest BCUT2D eigenvalue weighted by Gasteiger charge is -2.17. The molecule has 104 valence electrons. The van der Waals surface area contributed by atoms with Gasteiger partial charge in [-0.05, 0) is 53.6 Å². The SMILES string of the molecule is CCn1ncc(Br)c1C(CCCc1cccs1)NN. The molecule has 4 nitrogen and oxygen atoms in total. The fraction of sp³-hybridized carbons (Fsp3) is 0.462. The number of aryl methyl sites for hydroxylation is 2. The van der Waals surface area contributed by atoms with E-state index in [1.54, 1.807) is 0 Å². The van der Waals surface area contributed by atoms with Gasteiger partial charge in [0, 0.05) is 11.4 Å². The van der Waals surface area contributed by atoms with Crippen molar-refractivity contribution >= 4 is 27.3 Å². The van der Waals surface area contributed by atoms with Crippen molar-refractivity contribution in [3.63, 3.8) is 0 Å². The first-order valence-electron chi connectivity index (χ1n) is 6.46. The Morgan fingerprint density at radius 2 is 2.42 bits per heavy atom. The highest BCUT2D eigenvalue weighted by atomic mass is 79.9. The number of aromatic nitrogens is 2. The standard InChI is InChI=1S/C13H19BrN4S/c1-2-18-13(11(14)9-16-18)12(17-15)7-3-5-10-6-4-8-19-10/h4,6,8-9,12,17H,2-3,5,7,15H2,1H3. The Morgan fingerprint density at radius 3 is 3.05 bits per heavy atom. The minimum Gasteiger partial charge on any atom is -0.271 e. The van der Waals surface area contributed by atoms with Gasteiger partial charge in [0.15, 0.2) is 0 Å². The van der Waals surface area contributed by atoms with Crippen LogP contribution in [0.15, 0.2) is 28.2 Å². The number of halogens is 1. The summed E-state index contributed by atoms with van der Waals surface area (Å²) in [4.78, 5) is 1.43. The number of nitrogens with zero attached hydrogens (tertiary/aromatic N) is 2. The first-order chi connectivity index (χ1) is 9.26. The van der Waals surface area contributed by atoms with Crippen LogP contribution < -0.4 is 11.3 Å². The van der Waals surface area contributed by atoms with Crippen LogP contribution in [0.5, 0.6) is 0 Å². The van der Waals surface area contributed by atoms with E-state index in [0.29, 0.717) is 0 Å². The molecule has 2 rings (SSSR count). The van der Waals surface area contributed by atoms with Crippen LogP contribution in [0.4, 0.5) is 0 Å². The molecular formula is C13H19BrN4S. The van der Waals surface area contributed by atoms with Crippen molar-refractivity contribution in [3.05, 3.63) is 38.8 Å². The van der Waals surface area contributed by atoms with E-state index in [9.17, 15) is 0 Å². The maximum atomic E-state index is 5.71. The summed E-state index contributed by atoms with van der Waals surface area (Å²) in [6.07, 6.45) is 5.05. The van der Waals surface area contributed by atoms with E-state index < -0.39 is 0 Å². The summed E-state index contributed by atoms with van der Waals surface area (Å²) in [6, 6.07) is 4.42. The number of hydrazine groups is 1. The fourth-order valence-corrected chi connectivity index (χ4v) is 3.53. The highest BCUT2D eigenvalue weighted by molar-refractivity contribution is 9.10. The van der Waals surface area contributed by atoms with Gasteiger partial charge in [0.05, 0.1) is 22.4 Å². The minimum absolute atomic E-state index is 0.136. The molecule has 0 saturated heterocycles. The molecule has 0 bridgehead atoms. The van der Waals surface area contributed by atoms with Crippen LogP contribution in [0.1, 0.15) is 36.4 Å². The summed E-state index contributed by atoms with van der Waals surface area (Å²) in [6.45, 7) is 2.94. The zero-order chi connectivity index (χ0) is 13.7. The molecule has 6 heteroatoms. The molecule has 0 aliphatic heterocycles. The number of hydrogen-bond donors (Lipinski definition) is 2. The lowest BCUT2D eigenvalue weighted by molar-refractivity contribution is 0.454. The van der Waals surface area contributed by atoms with Crippen LogP contribution >= 0.6 is 27.3 Å². The first kappa shape index (κ1) is 14.7. The summed E-state index contributed by atoms with van der Waals surface area (Å²) in [7, 11) is 0. The molecule has 0 fully saturated rings. The Kier molecular flexibility index (Phi) is 5.57. The average molecular weight is 343 g/mol. The summed E-state index contributed by atoms with van der Waals surface area (Å²) < 4.78 is 3.01. The zero-order valence-electron chi connectivity index (χ0n) is 11.0. The molecule has 1 atom stereocenters. The third kappa shape index (κ3) is 3.66. The fourth-order valence-electron chi connectivity index (χ4n) is 2.20. The quantitative estimate of drug-likeness (QED) is 0.599. The van der Waals surface area contributed by atoms with Crippen LogP contribution in [0.2, 0.25) is 0 Å². The van der Waals surface area contributed by atoms with Gasteiger partial charge in [-0.3, -0.25) is 16.0 Å². The summed E-state index contributed by atoms with van der Waals surface area (Å²) in [5, 5.41) is 6.46. The second kappa shape index (κ2) is 7.19. The Balaban J connectivity index is 1.97. The van der Waals surface area contributed by atoms with Crippen LogP contribution in [0.3, 0.4) is 0 Å². The maximum Gasteiger partial charge on any atom is 0.0709 e. The van der Waals surface area contributed by atoms with Gasteiger partial charge in [0.2, 0.25) is 0 Å². The van der Waals surface area contributed by atoms with Crippen molar-refractivity contribution in [1.29, 1.82) is 0 Å². The van der Waals surface area contributed by atoms with Crippen LogP contribution in [0, 0.1) is 0 Å². The molecule has 0 aromatic carbocycles. The molecule has 0 radical (unpaired) electrons. The molecule has 2 aromatic rings. The second-order valence-corrected chi connectivity index (χ2v) is 6.27. The molecule has 0 aliphatic carbocycles. The number of hydrogen-bond acceptors (Lipinski definition) is 4. The molecule has 0 amide bonds. The third-order valence-electron chi connectivity index (χ3n) is 3.16. The number of nitrogens with one attached hydrogen (secondary N) is 1. The maximum absolute atomic E-state index is 5.71. The summed E-state index contributed by atoms with van der Waals surface area (Å²) >= 11 is 5.37. The number of thiophene rings is 1. The molecule has 2 aromatic heterocycles. The van der Waals surface area contributed by atoms with Gasteiger partial charge in [-0.2, -0.15) is 5.10 Å². The first-order valence-corrected chi connectivity index (χ1v) is 8.13. The average Bonchev–Trinajstić information content (AvgIpc) is 3.05. The van der Waals surface area contributed by atoms with Gasteiger partial charge in [-0.1, -0.05) is 6.07 Å². The Labute approximate surface area is 126 Å². The molecule has 3 N–H and O–H groups in total. The third-order valence-corrected chi connectivity index (χ3v) is 4.71. The Morgan fingerprint density at radius 1 is 1.58 bits per heavy atom. The van der Waals surface area contributed by atoms with Crippen LogP contribution in [-0.4, -0.2) is 9.78 Å². The van der Waals surface area contributed by atoms with E-state index in [0.717, 1.165) is 36.0 Å². The molecule has 0 spiro atoms. The Hall–Kier alpha value is -0.690. The van der Waals surface area contributed by atoms with Crippen molar-refractivity contribution in [2.24, 2.45) is 5.84 Å². The van der Waals surface area contributed by atoms with Gasteiger partial charge in [0.25, 0.3) is 0 Å². The van der Waals surface area contributed by atoms with Crippen molar-refractivity contribution in [3.8, 4) is 0 Å². The number of rotatable bonds is 7. The van der Waals surface area contributed by atoms with E-state index in [4.69, 9.17) is 5.84 Å². The van der Waals surface area contributed by atoms with Crippen molar-refractivity contribution in [2.45, 2.75) is 38.8 Å². The Bertz CT molecular complexity index is 495. The second-order valence-electron chi connectivity index (χ2n) is 4.38. The largest absolute Gasteiger partial charge is 0.271 e. The highest BCUT2D eigenvalue weighted by Crippen LogP contribution is 2.27. The molecular weight excluding hydrogens is 324 g/mol. The van der Waals surface area contributed by atoms with Crippen molar-refractivity contribution in [1.82, 2.24) is 15.2 Å². The predicted octanol–water partition coefficient (Wildman–Crippen LogP) is 3.25. The van der Waals surface area contributed by atoms with Gasteiger partial charge in [0.1, 0.15) is 0 Å². The van der Waals surface area contributed by atoms with E-state index in [1.165, 1.54) is 4.88 Å². The van der Waals surface area contributed by atoms with E-state index in [-0.39, 0.29) is 6.04 Å². The minimum atomic E-state index is 0.136. The van der Waals surface area contributed by atoms with Gasteiger partial charge in [-0.25, -0.2) is 0 Å². The lowest BCUT2D eigenvalue weighted by Crippen LogP contribution is -2.30. The zero-order valence-corrected chi connectivity index (χ0v) is 13.4. The monoisotopic (exact) mass is 342 g/mol. The predicted molar refractivity (Wildman–Crippen MR) is 82.9 cm³/mol. The van der Waals surface area contributed by atoms with E-state index in [1.807, 2.05) is 22.2 Å². The molecule has 2 heterocycles. The van der Waals surface area contributed by atoms with Gasteiger partial charge < -0.3 is 0 Å². The molecule has 0 saturated carbocycles. The summed E-state index contributed by atoms with van der Waals surface area (Å²) in [5.41, 5.74) is 4.05. The summed E-state index contributed by atoms with van der Waals surface area (Å²) in [5.74, 6) is 5.71. The molecule has 19 heavy (non-hydrogen) atoms. The van der Waals surface area contributed by atoms with E-state index in [2.05, 4.69) is 50.9 Å². The van der Waals surface area contributed by atoms with Crippen LogP contribution in [0.25, 0.3) is 0 Å². The normalized spacial score (nSPS) is 12.8. The number of nitrogens with two attached hydrogens (primary N) is 1. The van der Waals surface area contributed by atoms with Gasteiger partial charge >= 0.3 is 0 Å². The smallest absolute Gasteiger partial charge is 0.0709 e. The topological polar surface area (TPSA) is 55.9 Å². The molecule has 1 unspecified atom stereocenters. The van der Waals surface area contributed by atoms with Crippen LogP contribution in [-0.2, 0) is 13.0 Å². The van der Waals surface area contributed by atoms with E-state index >= 15 is 0 Å². The van der Waals surface area contributed by atoms with Gasteiger partial charge in [-0.15, -0.1) is 11.3 Å². The lowest BCUT2D eigenvalue weighted by atomic mass is 10.1. The highest BCUT2D eigenvalue weighted by Gasteiger charge is 2.18. The van der Waals surface area contributed by atoms with Crippen molar-refractivity contribution < 1.29 is 0 Å².